The zero-order chi connectivity index (χ0) is 12.5. The molecule has 0 fully saturated rings. The Balaban J connectivity index is 3.30. The van der Waals surface area contributed by atoms with Gasteiger partial charge in [0.2, 0.25) is 0 Å². The lowest BCUT2D eigenvalue weighted by atomic mass is 10.1. The van der Waals surface area contributed by atoms with E-state index in [0.717, 1.165) is 6.07 Å². The van der Waals surface area contributed by atoms with Crippen LogP contribution in [0.2, 0.25) is 0 Å². The predicted octanol–water partition coefficient (Wildman–Crippen LogP) is 1.35. The number of amides is 1. The van der Waals surface area contributed by atoms with Crippen molar-refractivity contribution in [2.24, 2.45) is 5.73 Å². The molecule has 4 N–H and O–H groups in total. The number of carbonyl (C=O) groups excluding carboxylic acids is 1. The van der Waals surface area contributed by atoms with Gasteiger partial charge in [0.1, 0.15) is 5.82 Å². The maximum Gasteiger partial charge on any atom is 0.250 e. The Morgan fingerprint density at radius 3 is 2.44 bits per heavy atom. The lowest BCUT2D eigenvalue weighted by Gasteiger charge is -2.25. The molecule has 0 aromatic heterocycles. The van der Waals surface area contributed by atoms with E-state index >= 15 is 0 Å². The van der Waals surface area contributed by atoms with E-state index in [0.29, 0.717) is 5.69 Å². The van der Waals surface area contributed by atoms with E-state index in [1.807, 2.05) is 13.8 Å². The van der Waals surface area contributed by atoms with Crippen LogP contribution in [0.15, 0.2) is 12.1 Å². The second kappa shape index (κ2) is 4.38. The Morgan fingerprint density at radius 1 is 1.44 bits per heavy atom. The van der Waals surface area contributed by atoms with Gasteiger partial charge >= 0.3 is 0 Å². The van der Waals surface area contributed by atoms with Crippen LogP contribution in [0.25, 0.3) is 0 Å². The molecule has 1 aromatic carbocycles. The van der Waals surface area contributed by atoms with Crippen LogP contribution in [0.4, 0.5) is 15.8 Å². The molecule has 0 heterocycles. The Bertz CT molecular complexity index is 418. The number of nitrogens with zero attached hydrogens (tertiary/aromatic N) is 1. The summed E-state index contributed by atoms with van der Waals surface area (Å²) in [5.41, 5.74) is 11.2. The molecule has 5 heteroatoms. The first-order chi connectivity index (χ1) is 7.34. The molecule has 0 aliphatic carbocycles. The average Bonchev–Trinajstić information content (AvgIpc) is 2.16. The van der Waals surface area contributed by atoms with Gasteiger partial charge < -0.3 is 16.4 Å². The molecule has 1 aromatic rings. The summed E-state index contributed by atoms with van der Waals surface area (Å²) >= 11 is 0. The molecular weight excluding hydrogens is 209 g/mol. The van der Waals surface area contributed by atoms with Gasteiger partial charge in [-0.25, -0.2) is 4.39 Å². The summed E-state index contributed by atoms with van der Waals surface area (Å²) in [6.07, 6.45) is 0. The van der Waals surface area contributed by atoms with E-state index in [4.69, 9.17) is 11.5 Å². The van der Waals surface area contributed by atoms with Gasteiger partial charge in [0.05, 0.1) is 11.3 Å². The fraction of sp³-hybridized carbons (Fsp3) is 0.364. The fourth-order valence-electron chi connectivity index (χ4n) is 1.34. The number of anilines is 2. The third-order valence-electron chi connectivity index (χ3n) is 2.54. The van der Waals surface area contributed by atoms with E-state index < -0.39 is 11.7 Å². The first-order valence-electron chi connectivity index (χ1n) is 4.96. The zero-order valence-electron chi connectivity index (χ0n) is 9.62. The molecule has 0 atom stereocenters. The third-order valence-corrected chi connectivity index (χ3v) is 2.54. The van der Waals surface area contributed by atoms with Crippen LogP contribution in [0.5, 0.6) is 0 Å². The molecule has 88 valence electrons. The number of hydrogen-bond donors (Lipinski definition) is 2. The van der Waals surface area contributed by atoms with Gasteiger partial charge in [0.25, 0.3) is 5.91 Å². The number of halogens is 1. The minimum absolute atomic E-state index is 0.0610. The Hall–Kier alpha value is -1.78. The molecular formula is C11H16FN3O. The second-order valence-corrected chi connectivity index (χ2v) is 3.96. The van der Waals surface area contributed by atoms with Crippen molar-refractivity contribution in [1.29, 1.82) is 0 Å². The standard InChI is InChI=1S/C11H16FN3O/c1-6(2)15(3)10-4-7(11(14)16)9(13)5-8(10)12/h4-6H,13H2,1-3H3,(H2,14,16). The van der Waals surface area contributed by atoms with Crippen molar-refractivity contribution in [2.75, 3.05) is 17.7 Å². The maximum absolute atomic E-state index is 13.6. The smallest absolute Gasteiger partial charge is 0.250 e. The lowest BCUT2D eigenvalue weighted by Crippen LogP contribution is -2.27. The van der Waals surface area contributed by atoms with Crippen molar-refractivity contribution in [1.82, 2.24) is 0 Å². The summed E-state index contributed by atoms with van der Waals surface area (Å²) < 4.78 is 13.6. The van der Waals surface area contributed by atoms with E-state index in [-0.39, 0.29) is 17.3 Å². The number of carbonyl (C=O) groups is 1. The van der Waals surface area contributed by atoms with Crippen LogP contribution in [0.3, 0.4) is 0 Å². The molecule has 0 unspecified atom stereocenters. The van der Waals surface area contributed by atoms with Crippen molar-refractivity contribution >= 4 is 17.3 Å². The highest BCUT2D eigenvalue weighted by molar-refractivity contribution is 5.99. The first-order valence-corrected chi connectivity index (χ1v) is 4.96. The van der Waals surface area contributed by atoms with Crippen LogP contribution in [-0.4, -0.2) is 19.0 Å². The number of primary amides is 1. The summed E-state index contributed by atoms with van der Waals surface area (Å²) in [5.74, 6) is -1.12. The van der Waals surface area contributed by atoms with Gasteiger partial charge in [-0.3, -0.25) is 4.79 Å². The highest BCUT2D eigenvalue weighted by Gasteiger charge is 2.15. The number of rotatable bonds is 3. The minimum Gasteiger partial charge on any atom is -0.398 e. The fourth-order valence-corrected chi connectivity index (χ4v) is 1.34. The van der Waals surface area contributed by atoms with Crippen LogP contribution in [0.1, 0.15) is 24.2 Å². The monoisotopic (exact) mass is 225 g/mol. The quantitative estimate of drug-likeness (QED) is 0.763. The molecule has 1 amide bonds. The van der Waals surface area contributed by atoms with E-state index in [1.54, 1.807) is 11.9 Å². The van der Waals surface area contributed by atoms with Crippen LogP contribution in [-0.2, 0) is 0 Å². The molecule has 0 aliphatic rings. The average molecular weight is 225 g/mol. The van der Waals surface area contributed by atoms with Gasteiger partial charge in [-0.1, -0.05) is 0 Å². The Labute approximate surface area is 94.0 Å². The molecule has 0 saturated carbocycles. The molecule has 1 rings (SSSR count). The van der Waals surface area contributed by atoms with Crippen LogP contribution in [0, 0.1) is 5.82 Å². The van der Waals surface area contributed by atoms with Gasteiger partial charge in [-0.2, -0.15) is 0 Å². The number of nitrogen functional groups attached to an aromatic ring is 1. The molecule has 0 saturated heterocycles. The first kappa shape index (κ1) is 12.3. The maximum atomic E-state index is 13.6. The topological polar surface area (TPSA) is 72.3 Å². The van der Waals surface area contributed by atoms with Gasteiger partial charge in [-0.05, 0) is 26.0 Å². The number of benzene rings is 1. The number of hydrogen-bond acceptors (Lipinski definition) is 3. The number of nitrogens with two attached hydrogens (primary N) is 2. The van der Waals surface area contributed by atoms with Crippen molar-refractivity contribution in [2.45, 2.75) is 19.9 Å². The third kappa shape index (κ3) is 2.24. The summed E-state index contributed by atoms with van der Waals surface area (Å²) in [5, 5.41) is 0. The van der Waals surface area contributed by atoms with Crippen molar-refractivity contribution in [3.8, 4) is 0 Å². The summed E-state index contributed by atoms with van der Waals surface area (Å²) in [6, 6.07) is 2.61. The van der Waals surface area contributed by atoms with Crippen molar-refractivity contribution < 1.29 is 9.18 Å². The lowest BCUT2D eigenvalue weighted by molar-refractivity contribution is 0.100. The predicted molar refractivity (Wildman–Crippen MR) is 62.9 cm³/mol. The molecule has 0 radical (unpaired) electrons. The Kier molecular flexibility index (Phi) is 3.37. The largest absolute Gasteiger partial charge is 0.398 e. The van der Waals surface area contributed by atoms with E-state index in [1.165, 1.54) is 6.07 Å². The molecule has 0 aliphatic heterocycles. The SMILES string of the molecule is CC(C)N(C)c1cc(C(N)=O)c(N)cc1F. The van der Waals surface area contributed by atoms with Gasteiger partial charge in [0, 0.05) is 18.8 Å². The summed E-state index contributed by atoms with van der Waals surface area (Å²) in [4.78, 5) is 12.8. The molecule has 16 heavy (non-hydrogen) atoms. The van der Waals surface area contributed by atoms with E-state index in [9.17, 15) is 9.18 Å². The normalized spacial score (nSPS) is 10.6. The van der Waals surface area contributed by atoms with Gasteiger partial charge in [0.15, 0.2) is 0 Å². The van der Waals surface area contributed by atoms with Crippen LogP contribution >= 0.6 is 0 Å². The van der Waals surface area contributed by atoms with Gasteiger partial charge in [-0.15, -0.1) is 0 Å². The van der Waals surface area contributed by atoms with E-state index in [2.05, 4.69) is 0 Å². The minimum atomic E-state index is -0.657. The van der Waals surface area contributed by atoms with Crippen molar-refractivity contribution in [3.05, 3.63) is 23.5 Å². The highest BCUT2D eigenvalue weighted by Crippen LogP contribution is 2.25. The summed E-state index contributed by atoms with van der Waals surface area (Å²) in [7, 11) is 1.74. The van der Waals surface area contributed by atoms with Crippen molar-refractivity contribution in [3.63, 3.8) is 0 Å². The second-order valence-electron chi connectivity index (χ2n) is 3.96. The molecule has 0 bridgehead atoms. The van der Waals surface area contributed by atoms with Crippen LogP contribution < -0.4 is 16.4 Å². The summed E-state index contributed by atoms with van der Waals surface area (Å²) in [6.45, 7) is 3.83. The zero-order valence-corrected chi connectivity index (χ0v) is 9.62. The Morgan fingerprint density at radius 2 is 2.00 bits per heavy atom. The molecule has 4 nitrogen and oxygen atoms in total. The highest BCUT2D eigenvalue weighted by atomic mass is 19.1. The molecule has 0 spiro atoms.